The highest BCUT2D eigenvalue weighted by Crippen LogP contribution is 2.30. The molecule has 0 aliphatic rings. The SMILES string of the molecule is CC(Oc1cc(C(F)(F)F)ccn1)C(=O)NC(C)C(Cc1ccc(Cl)cc1)c1ccccc1. The third kappa shape index (κ3) is 6.96. The highest BCUT2D eigenvalue weighted by Gasteiger charge is 2.31. The van der Waals surface area contributed by atoms with E-state index in [2.05, 4.69) is 10.3 Å². The van der Waals surface area contributed by atoms with E-state index in [0.29, 0.717) is 11.4 Å². The Morgan fingerprint density at radius 3 is 2.36 bits per heavy atom. The zero-order valence-corrected chi connectivity index (χ0v) is 18.9. The molecule has 3 rings (SSSR count). The minimum Gasteiger partial charge on any atom is -0.465 e. The van der Waals surface area contributed by atoms with Crippen molar-refractivity contribution in [2.24, 2.45) is 0 Å². The summed E-state index contributed by atoms with van der Waals surface area (Å²) in [5, 5.41) is 3.58. The van der Waals surface area contributed by atoms with Gasteiger partial charge in [0.05, 0.1) is 5.56 Å². The van der Waals surface area contributed by atoms with Gasteiger partial charge in [0.2, 0.25) is 5.88 Å². The molecule has 2 aromatic carbocycles. The van der Waals surface area contributed by atoms with Gasteiger partial charge in [-0.3, -0.25) is 4.79 Å². The number of carbonyl (C=O) groups is 1. The van der Waals surface area contributed by atoms with Crippen LogP contribution in [0.1, 0.15) is 36.5 Å². The molecule has 3 unspecified atom stereocenters. The molecule has 1 aromatic heterocycles. The number of rotatable bonds is 8. The number of amides is 1. The largest absolute Gasteiger partial charge is 0.465 e. The van der Waals surface area contributed by atoms with Gasteiger partial charge in [-0.2, -0.15) is 13.2 Å². The quantitative estimate of drug-likeness (QED) is 0.430. The number of ether oxygens (including phenoxy) is 1. The van der Waals surface area contributed by atoms with Crippen LogP contribution in [0.5, 0.6) is 5.88 Å². The zero-order chi connectivity index (χ0) is 24.0. The average Bonchev–Trinajstić information content (AvgIpc) is 2.78. The van der Waals surface area contributed by atoms with Crippen molar-refractivity contribution >= 4 is 17.5 Å². The third-order valence-electron chi connectivity index (χ3n) is 5.30. The molecule has 1 heterocycles. The van der Waals surface area contributed by atoms with E-state index >= 15 is 0 Å². The van der Waals surface area contributed by atoms with Crippen molar-refractivity contribution in [3.8, 4) is 5.88 Å². The lowest BCUT2D eigenvalue weighted by Gasteiger charge is -2.27. The van der Waals surface area contributed by atoms with E-state index in [0.717, 1.165) is 29.5 Å². The molecule has 0 aliphatic carbocycles. The Hall–Kier alpha value is -3.06. The number of benzene rings is 2. The Balaban J connectivity index is 1.71. The molecule has 3 atom stereocenters. The maximum absolute atomic E-state index is 12.9. The maximum Gasteiger partial charge on any atom is 0.416 e. The van der Waals surface area contributed by atoms with Crippen LogP contribution in [-0.4, -0.2) is 23.0 Å². The minimum absolute atomic E-state index is 0.0461. The summed E-state index contributed by atoms with van der Waals surface area (Å²) in [6, 6.07) is 18.6. The van der Waals surface area contributed by atoms with Crippen LogP contribution in [-0.2, 0) is 17.4 Å². The molecule has 1 amide bonds. The minimum atomic E-state index is -4.52. The Morgan fingerprint density at radius 2 is 1.73 bits per heavy atom. The van der Waals surface area contributed by atoms with Crippen molar-refractivity contribution < 1.29 is 22.7 Å². The molecule has 4 nitrogen and oxygen atoms in total. The van der Waals surface area contributed by atoms with Gasteiger partial charge >= 0.3 is 6.18 Å². The fourth-order valence-electron chi connectivity index (χ4n) is 3.49. The van der Waals surface area contributed by atoms with E-state index in [1.165, 1.54) is 6.92 Å². The fraction of sp³-hybridized carbons (Fsp3) is 0.280. The number of halogens is 4. The molecule has 3 aromatic rings. The first-order chi connectivity index (χ1) is 15.6. The number of pyridine rings is 1. The zero-order valence-electron chi connectivity index (χ0n) is 18.1. The van der Waals surface area contributed by atoms with E-state index in [4.69, 9.17) is 16.3 Å². The van der Waals surface area contributed by atoms with E-state index < -0.39 is 23.8 Å². The summed E-state index contributed by atoms with van der Waals surface area (Å²) in [7, 11) is 0. The topological polar surface area (TPSA) is 51.2 Å². The van der Waals surface area contributed by atoms with E-state index in [1.807, 2.05) is 61.5 Å². The van der Waals surface area contributed by atoms with Crippen molar-refractivity contribution in [2.75, 3.05) is 0 Å². The van der Waals surface area contributed by atoms with Gasteiger partial charge in [-0.05, 0) is 49.6 Å². The second kappa shape index (κ2) is 10.7. The van der Waals surface area contributed by atoms with Crippen LogP contribution >= 0.6 is 11.6 Å². The predicted octanol–water partition coefficient (Wildman–Crippen LogP) is 6.05. The van der Waals surface area contributed by atoms with Crippen molar-refractivity contribution in [1.82, 2.24) is 10.3 Å². The number of hydrogen-bond donors (Lipinski definition) is 1. The van der Waals surface area contributed by atoms with Crippen LogP contribution in [0.25, 0.3) is 0 Å². The van der Waals surface area contributed by atoms with E-state index in [9.17, 15) is 18.0 Å². The Kier molecular flexibility index (Phi) is 7.97. The highest BCUT2D eigenvalue weighted by atomic mass is 35.5. The van der Waals surface area contributed by atoms with Crippen LogP contribution in [0.15, 0.2) is 72.9 Å². The van der Waals surface area contributed by atoms with E-state index in [-0.39, 0.29) is 17.8 Å². The number of nitrogens with zero attached hydrogens (tertiary/aromatic N) is 1. The maximum atomic E-state index is 12.9. The fourth-order valence-corrected chi connectivity index (χ4v) is 3.61. The molecular weight excluding hydrogens is 453 g/mol. The van der Waals surface area contributed by atoms with Crippen molar-refractivity contribution in [1.29, 1.82) is 0 Å². The molecular formula is C25H24ClF3N2O2. The molecule has 0 saturated carbocycles. The van der Waals surface area contributed by atoms with Crippen LogP contribution < -0.4 is 10.1 Å². The predicted molar refractivity (Wildman–Crippen MR) is 121 cm³/mol. The number of nitrogens with one attached hydrogen (secondary N) is 1. The molecule has 8 heteroatoms. The van der Waals surface area contributed by atoms with Crippen molar-refractivity contribution in [3.05, 3.63) is 94.6 Å². The average molecular weight is 477 g/mol. The standard InChI is InChI=1S/C25H24ClF3N2O2/c1-16(22(19-6-4-3-5-7-19)14-18-8-10-21(26)11-9-18)31-24(32)17(2)33-23-15-20(12-13-30-23)25(27,28)29/h3-13,15-17,22H,14H2,1-2H3,(H,31,32). The first-order valence-corrected chi connectivity index (χ1v) is 10.8. The molecule has 0 radical (unpaired) electrons. The first kappa shape index (κ1) is 24.6. The monoisotopic (exact) mass is 476 g/mol. The molecule has 0 bridgehead atoms. The Bertz CT molecular complexity index is 1060. The summed E-state index contributed by atoms with van der Waals surface area (Å²) in [6.07, 6.45) is -3.89. The number of hydrogen-bond acceptors (Lipinski definition) is 3. The first-order valence-electron chi connectivity index (χ1n) is 10.4. The summed E-state index contributed by atoms with van der Waals surface area (Å²) in [5.41, 5.74) is 1.22. The lowest BCUT2D eigenvalue weighted by Crippen LogP contribution is -2.44. The second-order valence-corrected chi connectivity index (χ2v) is 8.22. The van der Waals surface area contributed by atoms with Crippen LogP contribution in [0, 0.1) is 0 Å². The third-order valence-corrected chi connectivity index (χ3v) is 5.55. The second-order valence-electron chi connectivity index (χ2n) is 7.79. The van der Waals surface area contributed by atoms with Gasteiger partial charge in [0.15, 0.2) is 6.10 Å². The van der Waals surface area contributed by atoms with Gasteiger partial charge in [-0.25, -0.2) is 4.98 Å². The smallest absolute Gasteiger partial charge is 0.416 e. The normalized spacial score (nSPS) is 14.2. The Labute approximate surface area is 195 Å². The molecule has 1 N–H and O–H groups in total. The van der Waals surface area contributed by atoms with Gasteiger partial charge < -0.3 is 10.1 Å². The Morgan fingerprint density at radius 1 is 1.06 bits per heavy atom. The van der Waals surface area contributed by atoms with Gasteiger partial charge in [-0.15, -0.1) is 0 Å². The highest BCUT2D eigenvalue weighted by molar-refractivity contribution is 6.30. The molecule has 0 spiro atoms. The molecule has 0 aliphatic heterocycles. The van der Waals surface area contributed by atoms with Crippen LogP contribution in [0.2, 0.25) is 5.02 Å². The molecule has 0 fully saturated rings. The van der Waals surface area contributed by atoms with Gasteiger partial charge in [0, 0.05) is 29.2 Å². The summed E-state index contributed by atoms with van der Waals surface area (Å²) in [5.74, 6) is -0.755. The van der Waals surface area contributed by atoms with Gasteiger partial charge in [-0.1, -0.05) is 54.1 Å². The molecule has 174 valence electrons. The van der Waals surface area contributed by atoms with Gasteiger partial charge in [0.1, 0.15) is 0 Å². The molecule has 33 heavy (non-hydrogen) atoms. The van der Waals surface area contributed by atoms with Crippen LogP contribution in [0.4, 0.5) is 13.2 Å². The molecule has 0 saturated heterocycles. The number of carbonyl (C=O) groups excluding carboxylic acids is 1. The number of aromatic nitrogens is 1. The lowest BCUT2D eigenvalue weighted by molar-refractivity contribution is -0.137. The summed E-state index contributed by atoms with van der Waals surface area (Å²) >= 11 is 5.99. The van der Waals surface area contributed by atoms with Crippen LogP contribution in [0.3, 0.4) is 0 Å². The van der Waals surface area contributed by atoms with Crippen molar-refractivity contribution in [3.63, 3.8) is 0 Å². The summed E-state index contributed by atoms with van der Waals surface area (Å²) < 4.78 is 44.1. The number of alkyl halides is 3. The van der Waals surface area contributed by atoms with E-state index in [1.54, 1.807) is 0 Å². The summed E-state index contributed by atoms with van der Waals surface area (Å²) in [6.45, 7) is 3.36. The van der Waals surface area contributed by atoms with Crippen molar-refractivity contribution in [2.45, 2.75) is 44.5 Å². The lowest BCUT2D eigenvalue weighted by atomic mass is 9.86. The van der Waals surface area contributed by atoms with Gasteiger partial charge in [0.25, 0.3) is 5.91 Å². The summed E-state index contributed by atoms with van der Waals surface area (Å²) in [4.78, 5) is 16.6.